The van der Waals surface area contributed by atoms with Gasteiger partial charge in [-0.2, -0.15) is 10.2 Å². The van der Waals surface area contributed by atoms with E-state index in [1.165, 1.54) is 6.20 Å². The molecule has 2 rings (SSSR count). The largest absolute Gasteiger partial charge is 0.324 e. The zero-order valence-electron chi connectivity index (χ0n) is 11.6. The number of nitrogens with zero attached hydrogens (tertiary/aromatic N) is 3. The van der Waals surface area contributed by atoms with Gasteiger partial charge in [-0.1, -0.05) is 30.7 Å². The first-order valence-corrected chi connectivity index (χ1v) is 6.76. The maximum absolute atomic E-state index is 11.8. The molecule has 0 aliphatic carbocycles. The second kappa shape index (κ2) is 6.33. The van der Waals surface area contributed by atoms with E-state index >= 15 is 0 Å². The summed E-state index contributed by atoms with van der Waals surface area (Å²) in [5, 5.41) is 11.9. The van der Waals surface area contributed by atoms with Crippen molar-refractivity contribution in [3.63, 3.8) is 0 Å². The molecule has 1 aromatic carbocycles. The number of hydrogen-bond donors (Lipinski definition) is 1. The molecule has 0 atom stereocenters. The van der Waals surface area contributed by atoms with E-state index in [9.17, 15) is 4.79 Å². The van der Waals surface area contributed by atoms with Crippen LogP contribution in [-0.4, -0.2) is 15.8 Å². The molecule has 0 bridgehead atoms. The van der Waals surface area contributed by atoms with Crippen LogP contribution in [0.3, 0.4) is 0 Å². The van der Waals surface area contributed by atoms with Gasteiger partial charge in [0.15, 0.2) is 10.9 Å². The Bertz CT molecular complexity index is 737. The number of hydrogen-bond acceptors (Lipinski definition) is 5. The van der Waals surface area contributed by atoms with Crippen molar-refractivity contribution in [1.29, 1.82) is 5.26 Å². The molecule has 0 unspecified atom stereocenters. The number of aryl methyl sites for hydroxylation is 1. The highest BCUT2D eigenvalue weighted by Crippen LogP contribution is 2.22. The van der Waals surface area contributed by atoms with E-state index in [0.29, 0.717) is 12.0 Å². The summed E-state index contributed by atoms with van der Waals surface area (Å²) < 4.78 is 0. The van der Waals surface area contributed by atoms with Crippen molar-refractivity contribution in [3.05, 3.63) is 46.2 Å². The van der Waals surface area contributed by atoms with Gasteiger partial charge in [-0.25, -0.2) is 4.98 Å². The molecule has 0 saturated heterocycles. The molecular weight excluding hydrogens is 288 g/mol. The summed E-state index contributed by atoms with van der Waals surface area (Å²) in [5.41, 5.74) is 2.53. The zero-order valence-corrected chi connectivity index (χ0v) is 12.4. The standard InChI is InChI=1S/C15H13ClN4O/c1-3-13(21)10-5-4-9(2)12(6-10)19-15-18-8-11(7-17)14(16)20-15/h4-6,8H,3H2,1-2H3,(H,18,19,20). The fourth-order valence-electron chi connectivity index (χ4n) is 1.75. The predicted molar refractivity (Wildman–Crippen MR) is 80.8 cm³/mol. The molecule has 0 amide bonds. The lowest BCUT2D eigenvalue weighted by Crippen LogP contribution is -2.03. The molecule has 0 aliphatic heterocycles. The van der Waals surface area contributed by atoms with Gasteiger partial charge in [0.2, 0.25) is 5.95 Å². The van der Waals surface area contributed by atoms with Crippen LogP contribution < -0.4 is 5.32 Å². The summed E-state index contributed by atoms with van der Waals surface area (Å²) in [6.45, 7) is 3.73. The number of aromatic nitrogens is 2. The molecule has 6 heteroatoms. The average molecular weight is 301 g/mol. The monoisotopic (exact) mass is 300 g/mol. The number of ketones is 1. The first-order chi connectivity index (χ1) is 10.0. The summed E-state index contributed by atoms with van der Waals surface area (Å²) in [4.78, 5) is 19.8. The van der Waals surface area contributed by atoms with E-state index in [0.717, 1.165) is 11.3 Å². The summed E-state index contributed by atoms with van der Waals surface area (Å²) in [5.74, 6) is 0.347. The fourth-order valence-corrected chi connectivity index (χ4v) is 1.92. The number of Topliss-reactive ketones (excluding diaryl/α,β-unsaturated/α-hetero) is 1. The van der Waals surface area contributed by atoms with Gasteiger partial charge in [0.1, 0.15) is 11.6 Å². The van der Waals surface area contributed by atoms with E-state index in [1.54, 1.807) is 12.1 Å². The van der Waals surface area contributed by atoms with Crippen molar-refractivity contribution in [2.75, 3.05) is 5.32 Å². The van der Waals surface area contributed by atoms with Crippen LogP contribution in [0.5, 0.6) is 0 Å². The third kappa shape index (κ3) is 3.36. The van der Waals surface area contributed by atoms with E-state index in [1.807, 2.05) is 26.0 Å². The molecule has 0 spiro atoms. The Labute approximate surface area is 127 Å². The van der Waals surface area contributed by atoms with Crippen molar-refractivity contribution >= 4 is 29.0 Å². The third-order valence-corrected chi connectivity index (χ3v) is 3.28. The Kier molecular flexibility index (Phi) is 4.51. The SMILES string of the molecule is CCC(=O)c1ccc(C)c(Nc2ncc(C#N)c(Cl)n2)c1. The van der Waals surface area contributed by atoms with Gasteiger partial charge in [-0.15, -0.1) is 0 Å². The number of benzene rings is 1. The molecule has 106 valence electrons. The number of carbonyl (C=O) groups excluding carboxylic acids is 1. The van der Waals surface area contributed by atoms with Crippen molar-refractivity contribution in [2.24, 2.45) is 0 Å². The lowest BCUT2D eigenvalue weighted by atomic mass is 10.1. The molecule has 0 fully saturated rings. The molecule has 1 N–H and O–H groups in total. The van der Waals surface area contributed by atoms with Crippen molar-refractivity contribution in [3.8, 4) is 6.07 Å². The van der Waals surface area contributed by atoms with E-state index in [-0.39, 0.29) is 22.4 Å². The van der Waals surface area contributed by atoms with Gasteiger partial charge in [0.25, 0.3) is 0 Å². The van der Waals surface area contributed by atoms with Crippen LogP contribution >= 0.6 is 11.6 Å². The topological polar surface area (TPSA) is 78.7 Å². The van der Waals surface area contributed by atoms with Gasteiger partial charge < -0.3 is 5.32 Å². The molecule has 0 radical (unpaired) electrons. The Morgan fingerprint density at radius 3 is 2.86 bits per heavy atom. The van der Waals surface area contributed by atoms with Crippen molar-refractivity contribution < 1.29 is 4.79 Å². The highest BCUT2D eigenvalue weighted by atomic mass is 35.5. The lowest BCUT2D eigenvalue weighted by Gasteiger charge is -2.10. The van der Waals surface area contributed by atoms with E-state index in [2.05, 4.69) is 15.3 Å². The second-order valence-electron chi connectivity index (χ2n) is 4.44. The van der Waals surface area contributed by atoms with Crippen molar-refractivity contribution in [1.82, 2.24) is 9.97 Å². The minimum absolute atomic E-state index is 0.0665. The van der Waals surface area contributed by atoms with Crippen LogP contribution in [0.4, 0.5) is 11.6 Å². The summed E-state index contributed by atoms with van der Waals surface area (Å²) >= 11 is 5.87. The normalized spacial score (nSPS) is 10.0. The van der Waals surface area contributed by atoms with Gasteiger partial charge in [-0.3, -0.25) is 4.79 Å². The molecule has 21 heavy (non-hydrogen) atoms. The molecule has 1 heterocycles. The highest BCUT2D eigenvalue weighted by molar-refractivity contribution is 6.30. The number of nitriles is 1. The number of nitrogens with one attached hydrogen (secondary N) is 1. The van der Waals surface area contributed by atoms with Crippen LogP contribution in [0, 0.1) is 18.3 Å². The predicted octanol–water partition coefficient (Wildman–Crippen LogP) is 3.65. The van der Waals surface area contributed by atoms with Crippen LogP contribution in [0.25, 0.3) is 0 Å². The number of anilines is 2. The maximum Gasteiger partial charge on any atom is 0.228 e. The first-order valence-electron chi connectivity index (χ1n) is 6.38. The van der Waals surface area contributed by atoms with E-state index < -0.39 is 0 Å². The first kappa shape index (κ1) is 14.9. The molecule has 1 aromatic heterocycles. The second-order valence-corrected chi connectivity index (χ2v) is 4.80. The minimum atomic E-state index is 0.0665. The van der Waals surface area contributed by atoms with Gasteiger partial charge in [-0.05, 0) is 18.6 Å². The summed E-state index contributed by atoms with van der Waals surface area (Å²) in [6.07, 6.45) is 1.80. The summed E-state index contributed by atoms with van der Waals surface area (Å²) in [6, 6.07) is 7.31. The summed E-state index contributed by atoms with van der Waals surface area (Å²) in [7, 11) is 0. The molecular formula is C15H13ClN4O. The third-order valence-electron chi connectivity index (χ3n) is 2.99. The fraction of sp³-hybridized carbons (Fsp3) is 0.200. The van der Waals surface area contributed by atoms with Crippen LogP contribution in [0.15, 0.2) is 24.4 Å². The molecule has 0 saturated carbocycles. The van der Waals surface area contributed by atoms with Gasteiger partial charge in [0.05, 0.1) is 6.20 Å². The number of carbonyl (C=O) groups is 1. The molecule has 2 aromatic rings. The number of rotatable bonds is 4. The number of halogens is 1. The highest BCUT2D eigenvalue weighted by Gasteiger charge is 2.09. The van der Waals surface area contributed by atoms with Crippen molar-refractivity contribution in [2.45, 2.75) is 20.3 Å². The Balaban J connectivity index is 2.33. The molecule has 5 nitrogen and oxygen atoms in total. The van der Waals surface area contributed by atoms with Crippen LogP contribution in [0.2, 0.25) is 5.15 Å². The maximum atomic E-state index is 11.8. The Morgan fingerprint density at radius 1 is 1.48 bits per heavy atom. The molecule has 0 aliphatic rings. The van der Waals surface area contributed by atoms with Crippen LogP contribution in [-0.2, 0) is 0 Å². The van der Waals surface area contributed by atoms with Gasteiger partial charge in [0, 0.05) is 17.7 Å². The Morgan fingerprint density at radius 2 is 2.24 bits per heavy atom. The quantitative estimate of drug-likeness (QED) is 0.689. The van der Waals surface area contributed by atoms with E-state index in [4.69, 9.17) is 16.9 Å². The Hall–Kier alpha value is -2.45. The zero-order chi connectivity index (χ0) is 15.4. The van der Waals surface area contributed by atoms with Crippen LogP contribution in [0.1, 0.15) is 34.8 Å². The van der Waals surface area contributed by atoms with Gasteiger partial charge >= 0.3 is 0 Å². The average Bonchev–Trinajstić information content (AvgIpc) is 2.49. The minimum Gasteiger partial charge on any atom is -0.324 e. The smallest absolute Gasteiger partial charge is 0.228 e. The lowest BCUT2D eigenvalue weighted by molar-refractivity contribution is 0.0988.